The van der Waals surface area contributed by atoms with Crippen molar-refractivity contribution in [3.63, 3.8) is 0 Å². The molecular weight excluding hydrogens is 190 g/mol. The van der Waals surface area contributed by atoms with Crippen LogP contribution >= 0.6 is 0 Å². The normalized spacial score (nSPS) is 19.8. The van der Waals surface area contributed by atoms with Crippen LogP contribution in [0.3, 0.4) is 0 Å². The molecule has 0 radical (unpaired) electrons. The van der Waals surface area contributed by atoms with Gasteiger partial charge < -0.3 is 14.4 Å². The Hall–Kier alpha value is -0.120. The zero-order valence-corrected chi connectivity index (χ0v) is 10.6. The van der Waals surface area contributed by atoms with Crippen LogP contribution in [0.5, 0.6) is 0 Å². The van der Waals surface area contributed by atoms with Crippen LogP contribution in [-0.4, -0.2) is 43.5 Å². The second kappa shape index (κ2) is 5.83. The molecule has 0 aromatic rings. The Bertz CT molecular complexity index is 176. The monoisotopic (exact) mass is 215 g/mol. The molecule has 0 aromatic heterocycles. The van der Waals surface area contributed by atoms with Gasteiger partial charge in [0, 0.05) is 18.5 Å². The smallest absolute Gasteiger partial charge is 0.158 e. The number of nitrogens with zero attached hydrogens (tertiary/aromatic N) is 1. The van der Waals surface area contributed by atoms with E-state index in [0.29, 0.717) is 0 Å². The van der Waals surface area contributed by atoms with E-state index in [9.17, 15) is 0 Å². The van der Waals surface area contributed by atoms with Gasteiger partial charge in [0.15, 0.2) is 6.29 Å². The first kappa shape index (κ1) is 12.9. The van der Waals surface area contributed by atoms with E-state index in [-0.39, 0.29) is 11.8 Å². The van der Waals surface area contributed by atoms with Crippen LogP contribution in [0, 0.1) is 0 Å². The van der Waals surface area contributed by atoms with E-state index in [1.165, 1.54) is 0 Å². The largest absolute Gasteiger partial charge is 0.353 e. The van der Waals surface area contributed by atoms with E-state index >= 15 is 0 Å². The van der Waals surface area contributed by atoms with Crippen molar-refractivity contribution in [2.45, 2.75) is 51.9 Å². The second-order valence-electron chi connectivity index (χ2n) is 4.90. The van der Waals surface area contributed by atoms with E-state index < -0.39 is 0 Å². The van der Waals surface area contributed by atoms with E-state index in [1.54, 1.807) is 0 Å². The molecule has 1 heterocycles. The predicted molar refractivity (Wildman–Crippen MR) is 61.9 cm³/mol. The Kier molecular flexibility index (Phi) is 5.03. The summed E-state index contributed by atoms with van der Waals surface area (Å²) in [6.45, 7) is 9.51. The van der Waals surface area contributed by atoms with Gasteiger partial charge in [-0.25, -0.2) is 0 Å². The van der Waals surface area contributed by atoms with Crippen LogP contribution in [-0.2, 0) is 9.47 Å². The first-order chi connectivity index (χ1) is 7.06. The van der Waals surface area contributed by atoms with Gasteiger partial charge in [-0.1, -0.05) is 6.92 Å². The Labute approximate surface area is 93.7 Å². The molecule has 1 aliphatic rings. The Morgan fingerprint density at radius 2 is 1.87 bits per heavy atom. The minimum Gasteiger partial charge on any atom is -0.353 e. The van der Waals surface area contributed by atoms with Crippen LogP contribution in [0.1, 0.15) is 40.0 Å². The molecule has 0 aliphatic carbocycles. The standard InChI is InChI=1S/C12H25NO2/c1-5-12(2,3)13(4)8-7-11-14-9-6-10-15-11/h11H,5-10H2,1-4H3. The molecule has 1 fully saturated rings. The van der Waals surface area contributed by atoms with Gasteiger partial charge in [-0.2, -0.15) is 0 Å². The zero-order valence-electron chi connectivity index (χ0n) is 10.6. The molecule has 0 aromatic carbocycles. The van der Waals surface area contributed by atoms with Crippen LogP contribution in [0.15, 0.2) is 0 Å². The maximum atomic E-state index is 5.53. The Morgan fingerprint density at radius 3 is 2.40 bits per heavy atom. The molecule has 0 atom stereocenters. The van der Waals surface area contributed by atoms with Crippen LogP contribution in [0.4, 0.5) is 0 Å². The summed E-state index contributed by atoms with van der Waals surface area (Å²) in [5.74, 6) is 0. The van der Waals surface area contributed by atoms with Gasteiger partial charge in [-0.3, -0.25) is 0 Å². The summed E-state index contributed by atoms with van der Waals surface area (Å²) in [7, 11) is 2.17. The highest BCUT2D eigenvalue weighted by Crippen LogP contribution is 2.18. The molecule has 1 rings (SSSR count). The van der Waals surface area contributed by atoms with Crippen molar-refractivity contribution < 1.29 is 9.47 Å². The van der Waals surface area contributed by atoms with Crippen molar-refractivity contribution in [3.8, 4) is 0 Å². The van der Waals surface area contributed by atoms with Gasteiger partial charge >= 0.3 is 0 Å². The molecule has 0 unspecified atom stereocenters. The van der Waals surface area contributed by atoms with Crippen molar-refractivity contribution >= 4 is 0 Å². The third-order valence-electron chi connectivity index (χ3n) is 3.49. The van der Waals surface area contributed by atoms with Crippen molar-refractivity contribution in [2.24, 2.45) is 0 Å². The molecule has 3 heteroatoms. The van der Waals surface area contributed by atoms with Crippen LogP contribution in [0.2, 0.25) is 0 Å². The average molecular weight is 215 g/mol. The van der Waals surface area contributed by atoms with E-state index in [1.807, 2.05) is 0 Å². The summed E-state index contributed by atoms with van der Waals surface area (Å²) in [5.41, 5.74) is 0.272. The molecule has 0 bridgehead atoms. The Balaban J connectivity index is 2.23. The topological polar surface area (TPSA) is 21.7 Å². The van der Waals surface area contributed by atoms with Gasteiger partial charge in [0.2, 0.25) is 0 Å². The molecule has 1 saturated heterocycles. The Morgan fingerprint density at radius 1 is 1.27 bits per heavy atom. The number of hydrogen-bond donors (Lipinski definition) is 0. The summed E-state index contributed by atoms with van der Waals surface area (Å²) < 4.78 is 11.1. The molecule has 15 heavy (non-hydrogen) atoms. The first-order valence-corrected chi connectivity index (χ1v) is 6.00. The molecule has 1 aliphatic heterocycles. The van der Waals surface area contributed by atoms with Gasteiger partial charge in [0.05, 0.1) is 13.2 Å². The molecule has 90 valence electrons. The number of ether oxygens (including phenoxy) is 2. The summed E-state index contributed by atoms with van der Waals surface area (Å²) in [6.07, 6.45) is 3.19. The lowest BCUT2D eigenvalue weighted by molar-refractivity contribution is -0.183. The van der Waals surface area contributed by atoms with Crippen molar-refractivity contribution in [2.75, 3.05) is 26.8 Å². The lowest BCUT2D eigenvalue weighted by atomic mass is 10.00. The van der Waals surface area contributed by atoms with Gasteiger partial charge in [-0.05, 0) is 33.7 Å². The maximum Gasteiger partial charge on any atom is 0.158 e. The van der Waals surface area contributed by atoms with Crippen molar-refractivity contribution in [3.05, 3.63) is 0 Å². The maximum absolute atomic E-state index is 5.53. The van der Waals surface area contributed by atoms with E-state index in [2.05, 4.69) is 32.7 Å². The van der Waals surface area contributed by atoms with Crippen LogP contribution < -0.4 is 0 Å². The highest BCUT2D eigenvalue weighted by molar-refractivity contribution is 4.77. The fourth-order valence-corrected chi connectivity index (χ4v) is 1.57. The quantitative estimate of drug-likeness (QED) is 0.702. The van der Waals surface area contributed by atoms with Crippen molar-refractivity contribution in [1.29, 1.82) is 0 Å². The highest BCUT2D eigenvalue weighted by Gasteiger charge is 2.22. The predicted octanol–water partition coefficient (Wildman–Crippen LogP) is 2.26. The van der Waals surface area contributed by atoms with E-state index in [0.717, 1.165) is 39.0 Å². The molecule has 0 saturated carbocycles. The van der Waals surface area contributed by atoms with Gasteiger partial charge in [0.25, 0.3) is 0 Å². The first-order valence-electron chi connectivity index (χ1n) is 6.00. The molecule has 0 spiro atoms. The van der Waals surface area contributed by atoms with Gasteiger partial charge in [0.1, 0.15) is 0 Å². The molecule has 0 amide bonds. The summed E-state index contributed by atoms with van der Waals surface area (Å²) in [4.78, 5) is 2.38. The minimum absolute atomic E-state index is 0.0221. The molecular formula is C12H25NO2. The zero-order chi connectivity index (χ0) is 11.3. The van der Waals surface area contributed by atoms with Crippen LogP contribution in [0.25, 0.3) is 0 Å². The average Bonchev–Trinajstić information content (AvgIpc) is 2.27. The minimum atomic E-state index is 0.0221. The number of hydrogen-bond acceptors (Lipinski definition) is 3. The molecule has 0 N–H and O–H groups in total. The van der Waals surface area contributed by atoms with Gasteiger partial charge in [-0.15, -0.1) is 0 Å². The second-order valence-corrected chi connectivity index (χ2v) is 4.90. The highest BCUT2D eigenvalue weighted by atomic mass is 16.7. The lowest BCUT2D eigenvalue weighted by Gasteiger charge is -2.36. The molecule has 3 nitrogen and oxygen atoms in total. The van der Waals surface area contributed by atoms with Crippen molar-refractivity contribution in [1.82, 2.24) is 4.90 Å². The summed E-state index contributed by atoms with van der Waals surface area (Å²) in [5, 5.41) is 0. The lowest BCUT2D eigenvalue weighted by Crippen LogP contribution is -2.42. The van der Waals surface area contributed by atoms with E-state index in [4.69, 9.17) is 9.47 Å². The summed E-state index contributed by atoms with van der Waals surface area (Å²) in [6, 6.07) is 0. The number of rotatable bonds is 5. The fourth-order valence-electron chi connectivity index (χ4n) is 1.57. The third-order valence-corrected chi connectivity index (χ3v) is 3.49. The third kappa shape index (κ3) is 4.09. The SMILES string of the molecule is CCC(C)(C)N(C)CCC1OCCCO1. The fraction of sp³-hybridized carbons (Fsp3) is 1.00. The summed E-state index contributed by atoms with van der Waals surface area (Å²) >= 11 is 0.